The number of methoxy groups -OCH3 is 2. The fourth-order valence-electron chi connectivity index (χ4n) is 3.53. The number of benzene rings is 3. The number of ether oxygens (including phenoxy) is 4. The molecule has 0 unspecified atom stereocenters. The highest BCUT2D eigenvalue weighted by Crippen LogP contribution is 2.30. The third kappa shape index (κ3) is 6.10. The first-order chi connectivity index (χ1) is 17.9. The second-order valence-electron chi connectivity index (χ2n) is 7.72. The van der Waals surface area contributed by atoms with Gasteiger partial charge in [-0.05, 0) is 72.3 Å². The van der Waals surface area contributed by atoms with Gasteiger partial charge in [0.25, 0.3) is 11.8 Å². The molecule has 0 spiro atoms. The third-order valence-electron chi connectivity index (χ3n) is 5.35. The van der Waals surface area contributed by atoms with Crippen molar-refractivity contribution in [2.45, 2.75) is 0 Å². The smallest absolute Gasteiger partial charge is 0.335 e. The van der Waals surface area contributed by atoms with Gasteiger partial charge in [0.15, 0.2) is 11.5 Å². The number of halogens is 1. The predicted octanol–water partition coefficient (Wildman–Crippen LogP) is 4.59. The zero-order valence-electron chi connectivity index (χ0n) is 20.0. The van der Waals surface area contributed by atoms with Crippen molar-refractivity contribution in [3.63, 3.8) is 0 Å². The Labute approximate surface area is 221 Å². The van der Waals surface area contributed by atoms with Crippen molar-refractivity contribution in [3.05, 3.63) is 82.3 Å². The molecule has 37 heavy (non-hydrogen) atoms. The average molecular weight is 567 g/mol. The molecule has 1 aliphatic heterocycles. The highest BCUT2D eigenvalue weighted by molar-refractivity contribution is 9.10. The summed E-state index contributed by atoms with van der Waals surface area (Å²) in [6, 6.07) is 18.0. The van der Waals surface area contributed by atoms with E-state index in [2.05, 4.69) is 21.2 Å². The SMILES string of the molecule is COc1ccc(OCCOc2ccc(/C=C3/C(=O)NC(=O)N(c4ccc(Br)cc4)C3=O)cc2OC)cc1. The summed E-state index contributed by atoms with van der Waals surface area (Å²) in [7, 11) is 3.08. The number of hydrogen-bond acceptors (Lipinski definition) is 7. The topological polar surface area (TPSA) is 103 Å². The van der Waals surface area contributed by atoms with E-state index < -0.39 is 17.8 Å². The zero-order chi connectivity index (χ0) is 26.4. The number of urea groups is 1. The molecule has 1 heterocycles. The minimum atomic E-state index is -0.812. The molecular formula is C27H23BrN2O7. The molecule has 0 saturated carbocycles. The Morgan fingerprint density at radius 1 is 0.811 bits per heavy atom. The van der Waals surface area contributed by atoms with Crippen LogP contribution in [0.2, 0.25) is 0 Å². The van der Waals surface area contributed by atoms with E-state index in [1.807, 2.05) is 0 Å². The molecule has 9 nitrogen and oxygen atoms in total. The molecule has 3 aromatic carbocycles. The molecule has 4 rings (SSSR count). The lowest BCUT2D eigenvalue weighted by Crippen LogP contribution is -2.54. The Kier molecular flexibility index (Phi) is 8.09. The van der Waals surface area contributed by atoms with Gasteiger partial charge in [-0.2, -0.15) is 0 Å². The third-order valence-corrected chi connectivity index (χ3v) is 5.88. The van der Waals surface area contributed by atoms with Gasteiger partial charge in [-0.15, -0.1) is 0 Å². The molecule has 1 N–H and O–H groups in total. The largest absolute Gasteiger partial charge is 0.497 e. The quantitative estimate of drug-likeness (QED) is 0.229. The van der Waals surface area contributed by atoms with Gasteiger partial charge in [0, 0.05) is 4.47 Å². The van der Waals surface area contributed by atoms with Crippen molar-refractivity contribution in [1.82, 2.24) is 5.32 Å². The molecule has 0 atom stereocenters. The molecule has 10 heteroatoms. The van der Waals surface area contributed by atoms with Crippen LogP contribution >= 0.6 is 15.9 Å². The minimum Gasteiger partial charge on any atom is -0.497 e. The highest BCUT2D eigenvalue weighted by atomic mass is 79.9. The van der Waals surface area contributed by atoms with E-state index in [1.165, 1.54) is 13.2 Å². The average Bonchev–Trinajstić information content (AvgIpc) is 2.90. The lowest BCUT2D eigenvalue weighted by Gasteiger charge is -2.26. The maximum absolute atomic E-state index is 13.1. The number of carbonyl (C=O) groups excluding carboxylic acids is 3. The van der Waals surface area contributed by atoms with Crippen molar-refractivity contribution >= 4 is 45.5 Å². The Morgan fingerprint density at radius 2 is 1.49 bits per heavy atom. The molecule has 0 aromatic heterocycles. The fraction of sp³-hybridized carbons (Fsp3) is 0.148. The first kappa shape index (κ1) is 25.8. The number of amides is 4. The van der Waals surface area contributed by atoms with Gasteiger partial charge in [0.2, 0.25) is 0 Å². The van der Waals surface area contributed by atoms with E-state index in [1.54, 1.807) is 73.8 Å². The molecule has 1 fully saturated rings. The van der Waals surface area contributed by atoms with E-state index in [0.29, 0.717) is 35.1 Å². The van der Waals surface area contributed by atoms with Crippen LogP contribution in [0.1, 0.15) is 5.56 Å². The monoisotopic (exact) mass is 566 g/mol. The summed E-state index contributed by atoms with van der Waals surface area (Å²) < 4.78 is 22.8. The lowest BCUT2D eigenvalue weighted by molar-refractivity contribution is -0.122. The summed E-state index contributed by atoms with van der Waals surface area (Å²) in [5.41, 5.74) is 0.663. The Morgan fingerprint density at radius 3 is 2.16 bits per heavy atom. The van der Waals surface area contributed by atoms with Crippen molar-refractivity contribution in [2.75, 3.05) is 32.3 Å². The summed E-state index contributed by atoms with van der Waals surface area (Å²) in [6.07, 6.45) is 1.40. The molecule has 1 saturated heterocycles. The molecular weight excluding hydrogens is 544 g/mol. The van der Waals surface area contributed by atoms with Crippen LogP contribution in [-0.2, 0) is 9.59 Å². The zero-order valence-corrected chi connectivity index (χ0v) is 21.6. The van der Waals surface area contributed by atoms with Crippen LogP contribution in [0.15, 0.2) is 76.8 Å². The molecule has 3 aromatic rings. The highest BCUT2D eigenvalue weighted by Gasteiger charge is 2.36. The normalized spacial score (nSPS) is 14.4. The van der Waals surface area contributed by atoms with Crippen LogP contribution in [0.5, 0.6) is 23.0 Å². The van der Waals surface area contributed by atoms with Gasteiger partial charge >= 0.3 is 6.03 Å². The summed E-state index contributed by atoms with van der Waals surface area (Å²) in [6.45, 7) is 0.559. The number of nitrogens with one attached hydrogen (secondary N) is 1. The van der Waals surface area contributed by atoms with Gasteiger partial charge in [0.1, 0.15) is 30.3 Å². The standard InChI is InChI=1S/C27H23BrN2O7/c1-34-20-8-10-21(11-9-20)36-13-14-37-23-12-3-17(16-24(23)35-2)15-22-25(31)29-27(33)30(26(22)32)19-6-4-18(28)5-7-19/h3-12,15-16H,13-14H2,1-2H3,(H,29,31,33)/b22-15-. The molecule has 0 bridgehead atoms. The summed E-state index contributed by atoms with van der Waals surface area (Å²) >= 11 is 3.32. The summed E-state index contributed by atoms with van der Waals surface area (Å²) in [5.74, 6) is 0.787. The van der Waals surface area contributed by atoms with Crippen LogP contribution in [0.25, 0.3) is 6.08 Å². The molecule has 1 aliphatic rings. The van der Waals surface area contributed by atoms with Crippen LogP contribution in [-0.4, -0.2) is 45.3 Å². The van der Waals surface area contributed by atoms with Gasteiger partial charge in [0.05, 0.1) is 19.9 Å². The second-order valence-corrected chi connectivity index (χ2v) is 8.63. The number of nitrogens with zero attached hydrogens (tertiary/aromatic N) is 1. The molecule has 4 amide bonds. The van der Waals surface area contributed by atoms with Crippen molar-refractivity contribution in [2.24, 2.45) is 0 Å². The number of carbonyl (C=O) groups is 3. The van der Waals surface area contributed by atoms with Crippen LogP contribution in [0.4, 0.5) is 10.5 Å². The lowest BCUT2D eigenvalue weighted by atomic mass is 10.1. The Balaban J connectivity index is 1.45. The maximum atomic E-state index is 13.1. The van der Waals surface area contributed by atoms with E-state index in [-0.39, 0.29) is 12.2 Å². The van der Waals surface area contributed by atoms with Crippen molar-refractivity contribution in [3.8, 4) is 23.0 Å². The van der Waals surface area contributed by atoms with Gasteiger partial charge < -0.3 is 18.9 Å². The number of barbiturate groups is 1. The van der Waals surface area contributed by atoms with Crippen LogP contribution in [0.3, 0.4) is 0 Å². The predicted molar refractivity (Wildman–Crippen MR) is 140 cm³/mol. The maximum Gasteiger partial charge on any atom is 0.335 e. The van der Waals surface area contributed by atoms with Crippen molar-refractivity contribution in [1.29, 1.82) is 0 Å². The first-order valence-corrected chi connectivity index (χ1v) is 11.9. The number of imide groups is 2. The van der Waals surface area contributed by atoms with Crippen LogP contribution < -0.4 is 29.2 Å². The Bertz CT molecular complexity index is 1340. The molecule has 0 radical (unpaired) electrons. The van der Waals surface area contributed by atoms with E-state index >= 15 is 0 Å². The van der Waals surface area contributed by atoms with E-state index in [0.717, 1.165) is 15.1 Å². The Hall–Kier alpha value is -4.31. The minimum absolute atomic E-state index is 0.189. The van der Waals surface area contributed by atoms with E-state index in [4.69, 9.17) is 18.9 Å². The van der Waals surface area contributed by atoms with E-state index in [9.17, 15) is 14.4 Å². The van der Waals surface area contributed by atoms with Crippen LogP contribution in [0, 0.1) is 0 Å². The van der Waals surface area contributed by atoms with Crippen molar-refractivity contribution < 1.29 is 33.3 Å². The number of rotatable bonds is 9. The number of hydrogen-bond donors (Lipinski definition) is 1. The number of anilines is 1. The second kappa shape index (κ2) is 11.6. The van der Waals surface area contributed by atoms with Gasteiger partial charge in [-0.3, -0.25) is 14.9 Å². The van der Waals surface area contributed by atoms with Gasteiger partial charge in [-0.25, -0.2) is 9.69 Å². The first-order valence-electron chi connectivity index (χ1n) is 11.1. The van der Waals surface area contributed by atoms with Gasteiger partial charge in [-0.1, -0.05) is 22.0 Å². The fourth-order valence-corrected chi connectivity index (χ4v) is 3.79. The summed E-state index contributed by atoms with van der Waals surface area (Å²) in [4.78, 5) is 38.8. The summed E-state index contributed by atoms with van der Waals surface area (Å²) in [5, 5.41) is 2.21. The molecule has 0 aliphatic carbocycles. The molecule has 190 valence electrons.